The lowest BCUT2D eigenvalue weighted by Crippen LogP contribution is -2.38. The first-order valence-corrected chi connectivity index (χ1v) is 6.94. The Labute approximate surface area is 115 Å². The van der Waals surface area contributed by atoms with Gasteiger partial charge in [0.25, 0.3) is 0 Å². The van der Waals surface area contributed by atoms with Crippen molar-refractivity contribution in [3.63, 3.8) is 0 Å². The minimum absolute atomic E-state index is 0.121. The predicted octanol–water partition coefficient (Wildman–Crippen LogP) is 1.80. The number of carboxylic acid groups (broad SMARTS) is 1. The Morgan fingerprint density at radius 3 is 2.63 bits per heavy atom. The van der Waals surface area contributed by atoms with Crippen LogP contribution in [0.15, 0.2) is 5.38 Å². The summed E-state index contributed by atoms with van der Waals surface area (Å²) in [5, 5.41) is 10.9. The molecule has 0 aliphatic carbocycles. The molecule has 7 heteroatoms. The lowest BCUT2D eigenvalue weighted by molar-refractivity contribution is -0.151. The first kappa shape index (κ1) is 15.4. The largest absolute Gasteiger partial charge is 0.481 e. The van der Waals surface area contributed by atoms with E-state index in [-0.39, 0.29) is 19.4 Å². The molecule has 0 amide bonds. The predicted molar refractivity (Wildman–Crippen MR) is 72.0 cm³/mol. The van der Waals surface area contributed by atoms with Crippen LogP contribution >= 0.6 is 11.3 Å². The molecule has 0 radical (unpaired) electrons. The Morgan fingerprint density at radius 2 is 2.21 bits per heavy atom. The molecule has 0 spiro atoms. The maximum atomic E-state index is 12.2. The molecule has 19 heavy (non-hydrogen) atoms. The van der Waals surface area contributed by atoms with Crippen LogP contribution in [0, 0.1) is 0 Å². The van der Waals surface area contributed by atoms with Crippen molar-refractivity contribution in [2.45, 2.75) is 38.5 Å². The number of hydrogen-bond donors (Lipinski definition) is 2. The normalized spacial score (nSPS) is 13.8. The summed E-state index contributed by atoms with van der Waals surface area (Å²) in [5.41, 5.74) is 5.07. The number of carbonyl (C=O) groups excluding carboxylic acids is 1. The van der Waals surface area contributed by atoms with Gasteiger partial charge in [0.15, 0.2) is 5.13 Å². The number of nitrogens with zero attached hydrogens (tertiary/aromatic N) is 1. The number of aliphatic carboxylic acids is 1. The third-order valence-electron chi connectivity index (χ3n) is 3.05. The first-order chi connectivity index (χ1) is 8.96. The molecule has 0 saturated heterocycles. The Hall–Kier alpha value is -1.63. The lowest BCUT2D eigenvalue weighted by Gasteiger charge is -2.28. The Bertz CT molecular complexity index is 460. The number of nitrogens with two attached hydrogens (primary N) is 1. The summed E-state index contributed by atoms with van der Waals surface area (Å²) in [6, 6.07) is 0. The molecule has 1 heterocycles. The lowest BCUT2D eigenvalue weighted by atomic mass is 9.78. The Balaban J connectivity index is 3.12. The molecular weight excluding hydrogens is 268 g/mol. The smallest absolute Gasteiger partial charge is 0.318 e. The standard InChI is InChI=1S/C12H18N2O4S/c1-3-12(6-5-9(15)16,10(17)18-4-2)8-7-19-11(13)14-8/h7H,3-6H2,1-2H3,(H2,13,14)(H,15,16)/t12-/m1/s1. The summed E-state index contributed by atoms with van der Waals surface area (Å²) in [4.78, 5) is 27.1. The molecule has 0 unspecified atom stereocenters. The fourth-order valence-corrected chi connectivity index (χ4v) is 2.60. The second-order valence-corrected chi connectivity index (χ2v) is 5.01. The van der Waals surface area contributed by atoms with Crippen molar-refractivity contribution < 1.29 is 19.4 Å². The number of esters is 1. The number of rotatable bonds is 7. The molecule has 3 N–H and O–H groups in total. The fourth-order valence-electron chi connectivity index (χ4n) is 1.93. The van der Waals surface area contributed by atoms with Crippen molar-refractivity contribution in [2.75, 3.05) is 12.3 Å². The van der Waals surface area contributed by atoms with Gasteiger partial charge in [-0.05, 0) is 19.8 Å². The highest BCUT2D eigenvalue weighted by Crippen LogP contribution is 2.35. The van der Waals surface area contributed by atoms with Crippen LogP contribution in [0.3, 0.4) is 0 Å². The summed E-state index contributed by atoms with van der Waals surface area (Å²) in [7, 11) is 0. The van der Waals surface area contributed by atoms with Gasteiger partial charge >= 0.3 is 11.9 Å². The van der Waals surface area contributed by atoms with Gasteiger partial charge in [-0.2, -0.15) is 0 Å². The quantitative estimate of drug-likeness (QED) is 0.741. The van der Waals surface area contributed by atoms with Crippen molar-refractivity contribution in [1.29, 1.82) is 0 Å². The van der Waals surface area contributed by atoms with Crippen molar-refractivity contribution in [3.05, 3.63) is 11.1 Å². The van der Waals surface area contributed by atoms with E-state index >= 15 is 0 Å². The van der Waals surface area contributed by atoms with Gasteiger partial charge in [0, 0.05) is 11.8 Å². The molecule has 0 saturated carbocycles. The highest BCUT2D eigenvalue weighted by atomic mass is 32.1. The van der Waals surface area contributed by atoms with Crippen LogP contribution < -0.4 is 5.73 Å². The monoisotopic (exact) mass is 286 g/mol. The topological polar surface area (TPSA) is 103 Å². The van der Waals surface area contributed by atoms with Crippen LogP contribution in [0.25, 0.3) is 0 Å². The van der Waals surface area contributed by atoms with E-state index in [1.807, 2.05) is 6.92 Å². The van der Waals surface area contributed by atoms with Crippen LogP contribution in [0.1, 0.15) is 38.8 Å². The summed E-state index contributed by atoms with van der Waals surface area (Å²) in [6.07, 6.45) is 0.452. The molecule has 0 aromatic carbocycles. The van der Waals surface area contributed by atoms with Gasteiger partial charge in [0.1, 0.15) is 5.41 Å². The van der Waals surface area contributed by atoms with Crippen LogP contribution in [0.5, 0.6) is 0 Å². The van der Waals surface area contributed by atoms with Gasteiger partial charge in [-0.1, -0.05) is 6.92 Å². The molecule has 106 valence electrons. The number of hydrogen-bond acceptors (Lipinski definition) is 6. The zero-order valence-electron chi connectivity index (χ0n) is 11.0. The molecule has 1 atom stereocenters. The van der Waals surface area contributed by atoms with Gasteiger partial charge in [0.05, 0.1) is 12.3 Å². The number of nitrogen functional groups attached to an aromatic ring is 1. The number of anilines is 1. The molecule has 6 nitrogen and oxygen atoms in total. The number of aromatic nitrogens is 1. The molecule has 0 fully saturated rings. The third-order valence-corrected chi connectivity index (χ3v) is 3.72. The SMILES string of the molecule is CCOC(=O)[C@](CC)(CCC(=O)O)c1csc(N)n1. The van der Waals surface area contributed by atoms with Crippen molar-refractivity contribution in [2.24, 2.45) is 0 Å². The molecule has 0 aliphatic rings. The van der Waals surface area contributed by atoms with E-state index in [4.69, 9.17) is 15.6 Å². The van der Waals surface area contributed by atoms with Crippen molar-refractivity contribution >= 4 is 28.4 Å². The van der Waals surface area contributed by atoms with Crippen LogP contribution in [0.4, 0.5) is 5.13 Å². The van der Waals surface area contributed by atoms with Crippen molar-refractivity contribution in [1.82, 2.24) is 4.98 Å². The zero-order chi connectivity index (χ0) is 14.5. The highest BCUT2D eigenvalue weighted by molar-refractivity contribution is 7.13. The summed E-state index contributed by atoms with van der Waals surface area (Å²) < 4.78 is 5.09. The second kappa shape index (κ2) is 6.51. The van der Waals surface area contributed by atoms with Gasteiger partial charge < -0.3 is 15.6 Å². The molecule has 0 bridgehead atoms. The number of carboxylic acids is 1. The van der Waals surface area contributed by atoms with Gasteiger partial charge in [-0.15, -0.1) is 11.3 Å². The maximum Gasteiger partial charge on any atom is 0.318 e. The third kappa shape index (κ3) is 3.44. The zero-order valence-corrected chi connectivity index (χ0v) is 11.8. The highest BCUT2D eigenvalue weighted by Gasteiger charge is 2.42. The van der Waals surface area contributed by atoms with Crippen LogP contribution in [-0.2, 0) is 19.7 Å². The Morgan fingerprint density at radius 1 is 1.53 bits per heavy atom. The van der Waals surface area contributed by atoms with E-state index in [2.05, 4.69) is 4.98 Å². The van der Waals surface area contributed by atoms with Gasteiger partial charge in [-0.3, -0.25) is 9.59 Å². The average molecular weight is 286 g/mol. The van der Waals surface area contributed by atoms with E-state index in [1.54, 1.807) is 12.3 Å². The number of ether oxygens (including phenoxy) is 1. The van der Waals surface area contributed by atoms with Crippen LogP contribution in [-0.4, -0.2) is 28.6 Å². The minimum atomic E-state index is -1.03. The average Bonchev–Trinajstić information content (AvgIpc) is 2.78. The number of thiazole rings is 1. The maximum absolute atomic E-state index is 12.2. The number of carbonyl (C=O) groups is 2. The second-order valence-electron chi connectivity index (χ2n) is 4.12. The van der Waals surface area contributed by atoms with E-state index in [0.29, 0.717) is 17.2 Å². The molecule has 1 aromatic rings. The Kier molecular flexibility index (Phi) is 5.29. The molecule has 0 aliphatic heterocycles. The summed E-state index contributed by atoms with van der Waals surface area (Å²) in [5.74, 6) is -1.39. The minimum Gasteiger partial charge on any atom is -0.481 e. The summed E-state index contributed by atoms with van der Waals surface area (Å²) >= 11 is 1.23. The van der Waals surface area contributed by atoms with Crippen LogP contribution in [0.2, 0.25) is 0 Å². The first-order valence-electron chi connectivity index (χ1n) is 6.06. The van der Waals surface area contributed by atoms with Gasteiger partial charge in [0.2, 0.25) is 0 Å². The molecular formula is C12H18N2O4S. The van der Waals surface area contributed by atoms with E-state index in [0.717, 1.165) is 0 Å². The fraction of sp³-hybridized carbons (Fsp3) is 0.583. The van der Waals surface area contributed by atoms with Gasteiger partial charge in [-0.25, -0.2) is 4.98 Å². The molecule has 1 aromatic heterocycles. The van der Waals surface area contributed by atoms with E-state index in [9.17, 15) is 9.59 Å². The van der Waals surface area contributed by atoms with Crippen molar-refractivity contribution in [3.8, 4) is 0 Å². The molecule has 1 rings (SSSR count). The van der Waals surface area contributed by atoms with E-state index < -0.39 is 17.4 Å². The summed E-state index contributed by atoms with van der Waals surface area (Å²) in [6.45, 7) is 3.77. The van der Waals surface area contributed by atoms with E-state index in [1.165, 1.54) is 11.3 Å².